The Bertz CT molecular complexity index is 3120. The van der Waals surface area contributed by atoms with Gasteiger partial charge in [-0.25, -0.2) is 9.98 Å². The standard InChI is InChI=1S/C47H29N3OS/c1-2-11-30(12-3-1)45-48-46(32-23-22-29-21-20-28-10-4-5-13-33(28)38(29)26-32)50-47(49-45)37-16-9-18-40-44(37)43-34(15-8-17-39(43)51-40)31-24-25-36-35-14-6-7-19-41(35)52-42(36)27-31/h1-27,45H,(H,48,49,50). The Morgan fingerprint density at radius 1 is 0.500 bits per heavy atom. The summed E-state index contributed by atoms with van der Waals surface area (Å²) in [4.78, 5) is 10.5. The molecule has 1 N–H and O–H groups in total. The lowest BCUT2D eigenvalue weighted by Crippen LogP contribution is -2.33. The van der Waals surface area contributed by atoms with Crippen LogP contribution in [0.3, 0.4) is 0 Å². The molecule has 8 aromatic carbocycles. The van der Waals surface area contributed by atoms with Crippen LogP contribution in [0, 0.1) is 0 Å². The molecule has 0 saturated heterocycles. The fourth-order valence-electron chi connectivity index (χ4n) is 7.86. The number of benzene rings is 8. The maximum absolute atomic E-state index is 6.58. The van der Waals surface area contributed by atoms with Crippen LogP contribution in [0.2, 0.25) is 0 Å². The molecule has 4 nitrogen and oxygen atoms in total. The van der Waals surface area contributed by atoms with E-state index in [-0.39, 0.29) is 6.17 Å². The van der Waals surface area contributed by atoms with Crippen LogP contribution in [0.25, 0.3) is 74.8 Å². The zero-order valence-electron chi connectivity index (χ0n) is 27.9. The van der Waals surface area contributed by atoms with Crippen molar-refractivity contribution in [2.75, 3.05) is 0 Å². The van der Waals surface area contributed by atoms with Crippen LogP contribution < -0.4 is 5.32 Å². The summed E-state index contributed by atoms with van der Waals surface area (Å²) in [6, 6.07) is 57.9. The normalized spacial score (nSPS) is 14.7. The number of nitrogens with one attached hydrogen (secondary N) is 1. The monoisotopic (exact) mass is 683 g/mol. The summed E-state index contributed by atoms with van der Waals surface area (Å²) in [5.74, 6) is 1.46. The first-order valence-corrected chi connectivity index (χ1v) is 18.3. The van der Waals surface area contributed by atoms with Crippen LogP contribution in [-0.2, 0) is 0 Å². The highest BCUT2D eigenvalue weighted by Crippen LogP contribution is 2.42. The molecule has 5 heteroatoms. The van der Waals surface area contributed by atoms with Crippen molar-refractivity contribution < 1.29 is 4.42 Å². The van der Waals surface area contributed by atoms with Crippen LogP contribution >= 0.6 is 11.3 Å². The number of aliphatic imine (C=N–C) groups is 2. The van der Waals surface area contributed by atoms with Crippen molar-refractivity contribution in [3.63, 3.8) is 0 Å². The lowest BCUT2D eigenvalue weighted by atomic mass is 9.96. The van der Waals surface area contributed by atoms with Gasteiger partial charge >= 0.3 is 0 Å². The van der Waals surface area contributed by atoms with Crippen LogP contribution in [0.5, 0.6) is 0 Å². The molecule has 52 heavy (non-hydrogen) atoms. The molecule has 244 valence electrons. The SMILES string of the molecule is c1ccc(C2N=C(c3ccc4ccc5ccccc5c4c3)N=C(c3cccc4oc5cccc(-c6ccc7c(c6)sc6ccccc67)c5c34)N2)cc1. The summed E-state index contributed by atoms with van der Waals surface area (Å²) in [6.07, 6.45) is -0.324. The fraction of sp³-hybridized carbons (Fsp3) is 0.0213. The molecule has 1 aliphatic heterocycles. The van der Waals surface area contributed by atoms with Gasteiger partial charge in [-0.15, -0.1) is 11.3 Å². The molecule has 3 heterocycles. The van der Waals surface area contributed by atoms with Crippen molar-refractivity contribution in [2.24, 2.45) is 9.98 Å². The minimum absolute atomic E-state index is 0.324. The quantitative estimate of drug-likeness (QED) is 0.188. The summed E-state index contributed by atoms with van der Waals surface area (Å²) in [5.41, 5.74) is 6.99. The van der Waals surface area contributed by atoms with E-state index in [0.717, 1.165) is 55.6 Å². The fourth-order valence-corrected chi connectivity index (χ4v) is 9.01. The number of thiophene rings is 1. The highest BCUT2D eigenvalue weighted by atomic mass is 32.1. The molecule has 0 bridgehead atoms. The lowest BCUT2D eigenvalue weighted by Gasteiger charge is -2.24. The van der Waals surface area contributed by atoms with E-state index in [2.05, 4.69) is 163 Å². The van der Waals surface area contributed by atoms with Gasteiger partial charge in [-0.05, 0) is 68.6 Å². The second kappa shape index (κ2) is 11.5. The number of hydrogen-bond donors (Lipinski definition) is 1. The number of nitrogens with zero attached hydrogens (tertiary/aromatic N) is 2. The molecule has 0 aliphatic carbocycles. The van der Waals surface area contributed by atoms with Crippen molar-refractivity contribution in [1.82, 2.24) is 5.32 Å². The first-order valence-electron chi connectivity index (χ1n) is 17.5. The Labute approximate surface area is 303 Å². The maximum Gasteiger partial charge on any atom is 0.159 e. The number of rotatable bonds is 4. The van der Waals surface area contributed by atoms with Crippen LogP contribution in [0.4, 0.5) is 0 Å². The van der Waals surface area contributed by atoms with Gasteiger partial charge in [0.15, 0.2) is 5.84 Å². The molecule has 11 rings (SSSR count). The maximum atomic E-state index is 6.58. The Morgan fingerprint density at radius 3 is 2.04 bits per heavy atom. The number of fused-ring (bicyclic) bond motifs is 9. The second-order valence-corrected chi connectivity index (χ2v) is 14.4. The van der Waals surface area contributed by atoms with E-state index < -0.39 is 0 Å². The zero-order valence-corrected chi connectivity index (χ0v) is 28.7. The molecule has 0 fully saturated rings. The predicted octanol–water partition coefficient (Wildman–Crippen LogP) is 12.4. The average Bonchev–Trinajstić information content (AvgIpc) is 3.79. The molecule has 2 aromatic heterocycles. The average molecular weight is 684 g/mol. The minimum atomic E-state index is -0.324. The number of furan rings is 1. The molecule has 1 unspecified atom stereocenters. The molecule has 0 saturated carbocycles. The first kappa shape index (κ1) is 29.2. The van der Waals surface area contributed by atoms with Gasteiger partial charge in [0.25, 0.3) is 0 Å². The largest absolute Gasteiger partial charge is 0.456 e. The Kier molecular flexibility index (Phi) is 6.45. The van der Waals surface area contributed by atoms with Gasteiger partial charge in [0.2, 0.25) is 0 Å². The Morgan fingerprint density at radius 2 is 1.17 bits per heavy atom. The molecular weight excluding hydrogens is 655 g/mol. The third-order valence-electron chi connectivity index (χ3n) is 10.3. The smallest absolute Gasteiger partial charge is 0.159 e. The predicted molar refractivity (Wildman–Crippen MR) is 219 cm³/mol. The molecule has 1 atom stereocenters. The Hall–Kier alpha value is -6.56. The van der Waals surface area contributed by atoms with E-state index in [1.165, 1.54) is 41.7 Å². The highest BCUT2D eigenvalue weighted by Gasteiger charge is 2.25. The lowest BCUT2D eigenvalue weighted by molar-refractivity contribution is 0.668. The molecule has 0 amide bonds. The van der Waals surface area contributed by atoms with E-state index in [1.807, 2.05) is 17.4 Å². The molecular formula is C47H29N3OS. The second-order valence-electron chi connectivity index (χ2n) is 13.4. The van der Waals surface area contributed by atoms with Crippen molar-refractivity contribution in [3.05, 3.63) is 180 Å². The number of hydrogen-bond acceptors (Lipinski definition) is 5. The van der Waals surface area contributed by atoms with Gasteiger partial charge in [-0.1, -0.05) is 133 Å². The van der Waals surface area contributed by atoms with Crippen LogP contribution in [0.15, 0.2) is 178 Å². The van der Waals surface area contributed by atoms with Gasteiger partial charge in [0, 0.05) is 42.1 Å². The third-order valence-corrected chi connectivity index (χ3v) is 11.5. The van der Waals surface area contributed by atoms with Crippen molar-refractivity contribution in [1.29, 1.82) is 0 Å². The van der Waals surface area contributed by atoms with Crippen molar-refractivity contribution >= 4 is 86.7 Å². The van der Waals surface area contributed by atoms with Crippen LogP contribution in [-0.4, -0.2) is 11.7 Å². The van der Waals surface area contributed by atoms with Gasteiger partial charge in [-0.3, -0.25) is 0 Å². The topological polar surface area (TPSA) is 49.9 Å². The van der Waals surface area contributed by atoms with E-state index in [9.17, 15) is 0 Å². The summed E-state index contributed by atoms with van der Waals surface area (Å²) in [6.45, 7) is 0. The molecule has 0 spiro atoms. The van der Waals surface area contributed by atoms with Gasteiger partial charge < -0.3 is 9.73 Å². The summed E-state index contributed by atoms with van der Waals surface area (Å²) in [7, 11) is 0. The van der Waals surface area contributed by atoms with Crippen LogP contribution in [0.1, 0.15) is 22.9 Å². The third kappa shape index (κ3) is 4.60. The minimum Gasteiger partial charge on any atom is -0.456 e. The molecule has 10 aromatic rings. The van der Waals surface area contributed by atoms with Gasteiger partial charge in [0.1, 0.15) is 23.2 Å². The van der Waals surface area contributed by atoms with Crippen molar-refractivity contribution in [2.45, 2.75) is 6.17 Å². The first-order chi connectivity index (χ1) is 25.7. The Balaban J connectivity index is 1.12. The summed E-state index contributed by atoms with van der Waals surface area (Å²) >= 11 is 1.84. The van der Waals surface area contributed by atoms with Crippen molar-refractivity contribution in [3.8, 4) is 11.1 Å². The number of amidine groups is 2. The summed E-state index contributed by atoms with van der Waals surface area (Å²) in [5, 5.41) is 13.2. The molecule has 1 aliphatic rings. The van der Waals surface area contributed by atoms with E-state index >= 15 is 0 Å². The zero-order chi connectivity index (χ0) is 34.2. The van der Waals surface area contributed by atoms with Gasteiger partial charge in [0.05, 0.1) is 0 Å². The molecule has 0 radical (unpaired) electrons. The van der Waals surface area contributed by atoms with E-state index in [4.69, 9.17) is 14.4 Å². The highest BCUT2D eigenvalue weighted by molar-refractivity contribution is 7.25. The van der Waals surface area contributed by atoms with E-state index in [0.29, 0.717) is 5.84 Å². The summed E-state index contributed by atoms with van der Waals surface area (Å²) < 4.78 is 9.16. The van der Waals surface area contributed by atoms with Gasteiger partial charge in [-0.2, -0.15) is 0 Å². The van der Waals surface area contributed by atoms with E-state index in [1.54, 1.807) is 0 Å².